The third kappa shape index (κ3) is 4.84. The number of aromatic hydroxyl groups is 1. The molecule has 2 heterocycles. The summed E-state index contributed by atoms with van der Waals surface area (Å²) in [6.07, 6.45) is 1.21. The fourth-order valence-corrected chi connectivity index (χ4v) is 6.91. The molecular weight excluding hydrogens is 428 g/mol. The molecule has 3 aromatic rings. The Morgan fingerprint density at radius 3 is 2.30 bits per heavy atom. The highest BCUT2D eigenvalue weighted by atomic mass is 32.9. The van der Waals surface area contributed by atoms with Gasteiger partial charge in [0.2, 0.25) is 0 Å². The van der Waals surface area contributed by atoms with Crippen LogP contribution in [0.15, 0.2) is 42.5 Å². The molecule has 3 nitrogen and oxygen atoms in total. The molecule has 1 aliphatic rings. The van der Waals surface area contributed by atoms with Crippen molar-refractivity contribution in [2.24, 2.45) is 0 Å². The fraction of sp³-hybridized carbons (Fsp3) is 0.375. The molecule has 0 atom stereocenters. The van der Waals surface area contributed by atoms with Crippen molar-refractivity contribution < 1.29 is 5.11 Å². The third-order valence-corrected chi connectivity index (χ3v) is 8.78. The standard InChI is InChI=1S/C24H28N2OS3/c1-3-10-25-11-13-26(14-12-25)16-20-15-19(8-9-21(20)27)23-22(24(28)30-29-23)18-6-4-17(2)5-7-18/h4-9,15,27H,3,10-14,16H2,1-2H3. The molecule has 0 saturated carbocycles. The number of phenols is 1. The number of rotatable bonds is 6. The van der Waals surface area contributed by atoms with Gasteiger partial charge in [0.1, 0.15) is 9.57 Å². The van der Waals surface area contributed by atoms with Gasteiger partial charge in [-0.05, 0) is 49.2 Å². The predicted octanol–water partition coefficient (Wildman–Crippen LogP) is 6.41. The lowest BCUT2D eigenvalue weighted by molar-refractivity contribution is 0.126. The van der Waals surface area contributed by atoms with Crippen molar-refractivity contribution in [2.45, 2.75) is 26.8 Å². The Bertz CT molecular complexity index is 1050. The molecule has 6 heteroatoms. The molecule has 1 fully saturated rings. The van der Waals surface area contributed by atoms with Crippen LogP contribution in [0.2, 0.25) is 0 Å². The van der Waals surface area contributed by atoms with Gasteiger partial charge in [-0.15, -0.1) is 0 Å². The summed E-state index contributed by atoms with van der Waals surface area (Å²) in [6, 6.07) is 14.6. The van der Waals surface area contributed by atoms with Crippen molar-refractivity contribution >= 4 is 32.9 Å². The molecule has 2 aromatic carbocycles. The summed E-state index contributed by atoms with van der Waals surface area (Å²) < 4.78 is 0.931. The Kier molecular flexibility index (Phi) is 7.01. The van der Waals surface area contributed by atoms with E-state index in [1.807, 2.05) is 12.1 Å². The monoisotopic (exact) mass is 456 g/mol. The van der Waals surface area contributed by atoms with E-state index < -0.39 is 0 Å². The summed E-state index contributed by atoms with van der Waals surface area (Å²) in [5, 5.41) is 10.5. The zero-order chi connectivity index (χ0) is 21.1. The van der Waals surface area contributed by atoms with E-state index in [0.29, 0.717) is 5.75 Å². The van der Waals surface area contributed by atoms with Crippen molar-refractivity contribution in [1.82, 2.24) is 9.80 Å². The Labute approximate surface area is 191 Å². The van der Waals surface area contributed by atoms with Gasteiger partial charge < -0.3 is 10.0 Å². The molecule has 0 aliphatic carbocycles. The van der Waals surface area contributed by atoms with Crippen LogP contribution in [0.4, 0.5) is 0 Å². The predicted molar refractivity (Wildman–Crippen MR) is 132 cm³/mol. The number of piperazine rings is 1. The first-order chi connectivity index (χ1) is 14.5. The molecule has 158 valence electrons. The maximum absolute atomic E-state index is 10.5. The first-order valence-electron chi connectivity index (χ1n) is 10.5. The van der Waals surface area contributed by atoms with Crippen LogP contribution in [0.5, 0.6) is 5.75 Å². The minimum atomic E-state index is 0.380. The second-order valence-electron chi connectivity index (χ2n) is 7.99. The summed E-state index contributed by atoms with van der Waals surface area (Å²) >= 11 is 5.68. The Morgan fingerprint density at radius 2 is 1.60 bits per heavy atom. The van der Waals surface area contributed by atoms with Crippen LogP contribution in [-0.2, 0) is 6.54 Å². The van der Waals surface area contributed by atoms with Crippen molar-refractivity contribution in [3.05, 3.63) is 57.4 Å². The van der Waals surface area contributed by atoms with E-state index in [9.17, 15) is 5.11 Å². The van der Waals surface area contributed by atoms with Crippen LogP contribution < -0.4 is 0 Å². The van der Waals surface area contributed by atoms with E-state index in [1.165, 1.54) is 29.0 Å². The molecule has 0 bridgehead atoms. The van der Waals surface area contributed by atoms with Gasteiger partial charge >= 0.3 is 0 Å². The smallest absolute Gasteiger partial charge is 0.120 e. The van der Waals surface area contributed by atoms with Crippen molar-refractivity contribution in [3.63, 3.8) is 0 Å². The first kappa shape index (κ1) is 21.7. The lowest BCUT2D eigenvalue weighted by Crippen LogP contribution is -2.45. The van der Waals surface area contributed by atoms with E-state index in [1.54, 1.807) is 20.7 Å². The van der Waals surface area contributed by atoms with Crippen molar-refractivity contribution in [3.8, 4) is 27.3 Å². The zero-order valence-electron chi connectivity index (χ0n) is 17.6. The van der Waals surface area contributed by atoms with Crippen LogP contribution in [0.25, 0.3) is 21.6 Å². The molecule has 1 N–H and O–H groups in total. The Hall–Kier alpha value is -1.57. The third-order valence-electron chi connectivity index (χ3n) is 5.71. The molecule has 0 unspecified atom stereocenters. The van der Waals surface area contributed by atoms with Gasteiger partial charge in [0.05, 0.1) is 4.88 Å². The Morgan fingerprint density at radius 1 is 0.933 bits per heavy atom. The summed E-state index contributed by atoms with van der Waals surface area (Å²) in [5.74, 6) is 0.380. The summed E-state index contributed by atoms with van der Waals surface area (Å²) in [5.41, 5.74) is 5.69. The maximum atomic E-state index is 10.5. The maximum Gasteiger partial charge on any atom is 0.120 e. The molecule has 0 spiro atoms. The fourth-order valence-electron chi connectivity index (χ4n) is 4.00. The second-order valence-corrected chi connectivity index (χ2v) is 10.8. The molecule has 1 aliphatic heterocycles. The van der Waals surface area contributed by atoms with Crippen LogP contribution >= 0.6 is 32.9 Å². The van der Waals surface area contributed by atoms with Gasteiger partial charge in [-0.25, -0.2) is 0 Å². The van der Waals surface area contributed by atoms with E-state index in [4.69, 9.17) is 12.2 Å². The minimum Gasteiger partial charge on any atom is -0.508 e. The van der Waals surface area contributed by atoms with E-state index >= 15 is 0 Å². The molecule has 0 radical (unpaired) electrons. The topological polar surface area (TPSA) is 26.7 Å². The quantitative estimate of drug-likeness (QED) is 0.342. The summed E-state index contributed by atoms with van der Waals surface area (Å²) in [4.78, 5) is 6.17. The van der Waals surface area contributed by atoms with Gasteiger partial charge in [0.25, 0.3) is 0 Å². The second kappa shape index (κ2) is 9.71. The minimum absolute atomic E-state index is 0.380. The van der Waals surface area contributed by atoms with Gasteiger partial charge in [0, 0.05) is 43.9 Å². The number of nitrogens with zero attached hydrogens (tertiary/aromatic N) is 2. The largest absolute Gasteiger partial charge is 0.508 e. The average Bonchev–Trinajstić information content (AvgIpc) is 3.13. The first-order valence-corrected chi connectivity index (χ1v) is 13.1. The van der Waals surface area contributed by atoms with Crippen molar-refractivity contribution in [1.29, 1.82) is 0 Å². The van der Waals surface area contributed by atoms with Crippen LogP contribution in [0, 0.1) is 10.7 Å². The van der Waals surface area contributed by atoms with E-state index in [0.717, 1.165) is 53.2 Å². The lowest BCUT2D eigenvalue weighted by atomic mass is 10.0. The number of aryl methyl sites for hydroxylation is 1. The van der Waals surface area contributed by atoms with Crippen LogP contribution in [0.3, 0.4) is 0 Å². The van der Waals surface area contributed by atoms with E-state index in [2.05, 4.69) is 54.0 Å². The van der Waals surface area contributed by atoms with E-state index in [-0.39, 0.29) is 0 Å². The normalized spacial score (nSPS) is 15.5. The average molecular weight is 457 g/mol. The Balaban J connectivity index is 1.59. The van der Waals surface area contributed by atoms with Gasteiger partial charge in [0.15, 0.2) is 0 Å². The number of hydrogen-bond donors (Lipinski definition) is 1. The number of hydrogen-bond acceptors (Lipinski definition) is 6. The molecule has 0 amide bonds. The molecular formula is C24H28N2OS3. The van der Waals surface area contributed by atoms with Crippen LogP contribution in [-0.4, -0.2) is 47.6 Å². The highest BCUT2D eigenvalue weighted by Crippen LogP contribution is 2.42. The van der Waals surface area contributed by atoms with Crippen LogP contribution in [0.1, 0.15) is 24.5 Å². The van der Waals surface area contributed by atoms with Gasteiger partial charge in [-0.3, -0.25) is 4.90 Å². The number of phenolic OH excluding ortho intramolecular Hbond substituents is 1. The SMILES string of the molecule is CCCN1CCN(Cc2cc(-c3ssc(=S)c3-c3ccc(C)cc3)ccc2O)CC1. The number of benzene rings is 2. The summed E-state index contributed by atoms with van der Waals surface area (Å²) in [7, 11) is 3.38. The lowest BCUT2D eigenvalue weighted by Gasteiger charge is -2.34. The van der Waals surface area contributed by atoms with Gasteiger partial charge in [-0.1, -0.05) is 69.7 Å². The molecule has 1 aromatic heterocycles. The van der Waals surface area contributed by atoms with Gasteiger partial charge in [-0.2, -0.15) is 0 Å². The molecule has 1 saturated heterocycles. The summed E-state index contributed by atoms with van der Waals surface area (Å²) in [6.45, 7) is 10.6. The zero-order valence-corrected chi connectivity index (χ0v) is 20.0. The molecule has 30 heavy (non-hydrogen) atoms. The highest BCUT2D eigenvalue weighted by molar-refractivity contribution is 7.80. The molecule has 4 rings (SSSR count). The van der Waals surface area contributed by atoms with Crippen molar-refractivity contribution in [2.75, 3.05) is 32.7 Å². The highest BCUT2D eigenvalue weighted by Gasteiger charge is 2.19.